The molecule has 1 heterocycles. The Labute approximate surface area is 193 Å². The van der Waals surface area contributed by atoms with Crippen LogP contribution in [0.4, 0.5) is 13.2 Å². The fourth-order valence-electron chi connectivity index (χ4n) is 3.10. The van der Waals surface area contributed by atoms with Gasteiger partial charge in [-0.2, -0.15) is 13.2 Å². The maximum atomic E-state index is 12.4. The molecule has 33 heavy (non-hydrogen) atoms. The topological polar surface area (TPSA) is 79.8 Å². The Bertz CT molecular complexity index is 784. The lowest BCUT2D eigenvalue weighted by Crippen LogP contribution is -2.36. The zero-order valence-electron chi connectivity index (χ0n) is 19.8. The molecule has 0 bridgehead atoms. The molecular formula is C23H34F3N3O4. The van der Waals surface area contributed by atoms with E-state index in [-0.39, 0.29) is 24.3 Å². The largest absolute Gasteiger partial charge is 0.459 e. The summed E-state index contributed by atoms with van der Waals surface area (Å²) in [6.07, 6.45) is -3.00. The summed E-state index contributed by atoms with van der Waals surface area (Å²) < 4.78 is 42.0. The second kappa shape index (κ2) is 13.9. The zero-order chi connectivity index (χ0) is 25.0. The zero-order valence-corrected chi connectivity index (χ0v) is 19.8. The first-order chi connectivity index (χ1) is 15.4. The number of amides is 1. The summed E-state index contributed by atoms with van der Waals surface area (Å²) in [5.74, 6) is -2.31. The van der Waals surface area contributed by atoms with Gasteiger partial charge in [0.05, 0.1) is 11.7 Å². The third-order valence-electron chi connectivity index (χ3n) is 5.07. The number of aromatic nitrogens is 1. The van der Waals surface area contributed by atoms with E-state index in [4.69, 9.17) is 4.74 Å². The molecule has 7 nitrogen and oxygen atoms in total. The Kier molecular flexibility index (Phi) is 12.0. The van der Waals surface area contributed by atoms with Crippen molar-refractivity contribution in [2.45, 2.75) is 64.7 Å². The molecule has 0 spiro atoms. The first-order valence-corrected chi connectivity index (χ1v) is 11.1. The molecule has 0 aliphatic rings. The predicted molar refractivity (Wildman–Crippen MR) is 118 cm³/mol. The highest BCUT2D eigenvalue weighted by atomic mass is 19.4. The van der Waals surface area contributed by atoms with Gasteiger partial charge in [0.15, 0.2) is 0 Å². The average Bonchev–Trinajstić information content (AvgIpc) is 2.73. The molecule has 0 aliphatic heterocycles. The lowest BCUT2D eigenvalue weighted by atomic mass is 10.1. The first-order valence-electron chi connectivity index (χ1n) is 11.1. The van der Waals surface area contributed by atoms with Crippen LogP contribution in [-0.2, 0) is 20.7 Å². The molecule has 0 N–H and O–H groups in total. The minimum absolute atomic E-state index is 0.0221. The Morgan fingerprint density at radius 3 is 2.42 bits per heavy atom. The van der Waals surface area contributed by atoms with Gasteiger partial charge in [-0.3, -0.25) is 14.6 Å². The number of ether oxygens (including phenoxy) is 1. The maximum Gasteiger partial charge on any atom is 0.449 e. The number of pyridine rings is 1. The predicted octanol–water partition coefficient (Wildman–Crippen LogP) is 3.66. The van der Waals surface area contributed by atoms with Crippen LogP contribution < -0.4 is 0 Å². The molecule has 0 saturated heterocycles. The van der Waals surface area contributed by atoms with E-state index in [0.29, 0.717) is 38.0 Å². The van der Waals surface area contributed by atoms with Crippen LogP contribution in [-0.4, -0.2) is 78.5 Å². The third-order valence-corrected chi connectivity index (χ3v) is 5.07. The van der Waals surface area contributed by atoms with Gasteiger partial charge in [0.1, 0.15) is 0 Å². The molecule has 1 unspecified atom stereocenters. The van der Waals surface area contributed by atoms with Crippen molar-refractivity contribution in [2.24, 2.45) is 0 Å². The molecule has 0 aromatic carbocycles. The van der Waals surface area contributed by atoms with E-state index in [2.05, 4.69) is 4.98 Å². The van der Waals surface area contributed by atoms with E-state index in [1.165, 1.54) is 12.3 Å². The number of likely N-dealkylation sites (N-methyl/N-ethyl adjacent to an activating group) is 2. The van der Waals surface area contributed by atoms with Crippen LogP contribution in [0, 0.1) is 0 Å². The maximum absolute atomic E-state index is 12.4. The Morgan fingerprint density at radius 1 is 1.12 bits per heavy atom. The standard InChI is InChI=1S/C23H34F3N3O4/c1-5-29(15-14-28(3)4)21(31)11-7-9-19-16-18(12-13-27-19)22(32)33-17(2)8-6-10-20(30)23(24,25)26/h12-13,16-17H,5-11,14-15H2,1-4H3. The van der Waals surface area contributed by atoms with Gasteiger partial charge >= 0.3 is 12.1 Å². The van der Waals surface area contributed by atoms with Crippen LogP contribution in [0.5, 0.6) is 0 Å². The van der Waals surface area contributed by atoms with Crippen LogP contribution in [0.3, 0.4) is 0 Å². The van der Waals surface area contributed by atoms with Gasteiger partial charge in [0, 0.05) is 44.4 Å². The van der Waals surface area contributed by atoms with E-state index in [1.807, 2.05) is 30.8 Å². The van der Waals surface area contributed by atoms with Gasteiger partial charge in [-0.15, -0.1) is 0 Å². The number of aryl methyl sites for hydroxylation is 1. The Hall–Kier alpha value is -2.49. The molecule has 1 aromatic heterocycles. The number of halogens is 3. The number of carbonyl (C=O) groups excluding carboxylic acids is 3. The molecule has 1 amide bonds. The molecule has 1 atom stereocenters. The molecular weight excluding hydrogens is 439 g/mol. The van der Waals surface area contributed by atoms with Gasteiger partial charge in [-0.1, -0.05) is 0 Å². The van der Waals surface area contributed by atoms with Crippen molar-refractivity contribution in [1.82, 2.24) is 14.8 Å². The molecule has 0 saturated carbocycles. The van der Waals surface area contributed by atoms with Crippen molar-refractivity contribution < 1.29 is 32.3 Å². The third kappa shape index (κ3) is 11.3. The molecule has 186 valence electrons. The normalized spacial score (nSPS) is 12.5. The van der Waals surface area contributed by atoms with Crippen molar-refractivity contribution in [3.05, 3.63) is 29.6 Å². The van der Waals surface area contributed by atoms with Gasteiger partial charge in [-0.25, -0.2) is 4.79 Å². The van der Waals surface area contributed by atoms with Crippen molar-refractivity contribution in [2.75, 3.05) is 33.7 Å². The summed E-state index contributed by atoms with van der Waals surface area (Å²) in [6, 6.07) is 3.09. The van der Waals surface area contributed by atoms with E-state index >= 15 is 0 Å². The van der Waals surface area contributed by atoms with Gasteiger partial charge in [0.25, 0.3) is 0 Å². The number of ketones is 1. The fourth-order valence-corrected chi connectivity index (χ4v) is 3.10. The van der Waals surface area contributed by atoms with Crippen molar-refractivity contribution >= 4 is 17.7 Å². The summed E-state index contributed by atoms with van der Waals surface area (Å²) in [4.78, 5) is 43.7. The molecule has 0 fully saturated rings. The number of hydrogen-bond acceptors (Lipinski definition) is 6. The number of hydrogen-bond donors (Lipinski definition) is 0. The van der Waals surface area contributed by atoms with Crippen LogP contribution in [0.1, 0.15) is 62.0 Å². The second-order valence-electron chi connectivity index (χ2n) is 8.20. The van der Waals surface area contributed by atoms with Gasteiger partial charge < -0.3 is 14.5 Å². The highest BCUT2D eigenvalue weighted by Crippen LogP contribution is 2.20. The molecule has 10 heteroatoms. The smallest absolute Gasteiger partial charge is 0.449 e. The van der Waals surface area contributed by atoms with Crippen LogP contribution in [0.15, 0.2) is 18.3 Å². The van der Waals surface area contributed by atoms with Crippen LogP contribution >= 0.6 is 0 Å². The number of carbonyl (C=O) groups is 3. The summed E-state index contributed by atoms with van der Waals surface area (Å²) in [5, 5.41) is 0. The number of Topliss-reactive ketones (excluding diaryl/α,β-unsaturated/α-hetero) is 1. The fraction of sp³-hybridized carbons (Fsp3) is 0.652. The summed E-state index contributed by atoms with van der Waals surface area (Å²) in [6.45, 7) is 5.63. The minimum Gasteiger partial charge on any atom is -0.459 e. The van der Waals surface area contributed by atoms with Crippen molar-refractivity contribution in [3.8, 4) is 0 Å². The highest BCUT2D eigenvalue weighted by molar-refractivity contribution is 5.89. The quantitative estimate of drug-likeness (QED) is 0.384. The van der Waals surface area contributed by atoms with E-state index in [9.17, 15) is 27.6 Å². The lowest BCUT2D eigenvalue weighted by Gasteiger charge is -2.22. The van der Waals surface area contributed by atoms with Gasteiger partial charge in [0.2, 0.25) is 11.7 Å². The summed E-state index contributed by atoms with van der Waals surface area (Å²) >= 11 is 0. The van der Waals surface area contributed by atoms with Gasteiger partial charge in [-0.05, 0) is 65.8 Å². The Morgan fingerprint density at radius 2 is 1.82 bits per heavy atom. The van der Waals surface area contributed by atoms with E-state index < -0.39 is 30.5 Å². The second-order valence-corrected chi connectivity index (χ2v) is 8.20. The minimum atomic E-state index is -4.83. The number of esters is 1. The molecule has 1 aromatic rings. The Balaban J connectivity index is 2.48. The summed E-state index contributed by atoms with van der Waals surface area (Å²) in [7, 11) is 3.91. The monoisotopic (exact) mass is 473 g/mol. The van der Waals surface area contributed by atoms with E-state index in [1.54, 1.807) is 13.0 Å². The number of alkyl halides is 3. The lowest BCUT2D eigenvalue weighted by molar-refractivity contribution is -0.171. The average molecular weight is 474 g/mol. The van der Waals surface area contributed by atoms with Crippen molar-refractivity contribution in [3.63, 3.8) is 0 Å². The van der Waals surface area contributed by atoms with E-state index in [0.717, 1.165) is 6.54 Å². The number of nitrogens with zero attached hydrogens (tertiary/aromatic N) is 3. The number of rotatable bonds is 14. The molecule has 0 aliphatic carbocycles. The molecule has 1 rings (SSSR count). The highest BCUT2D eigenvalue weighted by Gasteiger charge is 2.37. The SMILES string of the molecule is CCN(CCN(C)C)C(=O)CCCc1cc(C(=O)OC(C)CCCC(=O)C(F)(F)F)ccn1. The molecule has 0 radical (unpaired) electrons. The van der Waals surface area contributed by atoms with Crippen LogP contribution in [0.25, 0.3) is 0 Å². The first kappa shape index (κ1) is 28.5. The summed E-state index contributed by atoms with van der Waals surface area (Å²) in [5.41, 5.74) is 0.933. The van der Waals surface area contributed by atoms with Crippen LogP contribution in [0.2, 0.25) is 0 Å². The van der Waals surface area contributed by atoms with Crippen molar-refractivity contribution in [1.29, 1.82) is 0 Å².